The molecule has 4 rings (SSSR count). The summed E-state index contributed by atoms with van der Waals surface area (Å²) < 4.78 is 5.53. The van der Waals surface area contributed by atoms with Crippen LogP contribution in [0.5, 0.6) is 5.75 Å². The fraction of sp³-hybridized carbons (Fsp3) is 0.115. The number of hydrogen-bond donors (Lipinski definition) is 2. The lowest BCUT2D eigenvalue weighted by atomic mass is 9.91. The highest BCUT2D eigenvalue weighted by atomic mass is 16.5. The maximum Gasteiger partial charge on any atom is 0.230 e. The molecule has 0 aliphatic carbocycles. The number of nitrogens with one attached hydrogen (secondary N) is 1. The predicted octanol–water partition coefficient (Wildman–Crippen LogP) is 5.05. The number of allylic oxidation sites excluding steroid dienone is 1. The van der Waals surface area contributed by atoms with Crippen LogP contribution >= 0.6 is 0 Å². The van der Waals surface area contributed by atoms with E-state index in [4.69, 9.17) is 26.0 Å². The number of pyridine rings is 1. The molecule has 0 radical (unpaired) electrons. The molecule has 0 aliphatic heterocycles. The molecule has 0 bridgehead atoms. The second-order valence-corrected chi connectivity index (χ2v) is 7.66. The molecule has 4 aromatic rings. The Kier molecular flexibility index (Phi) is 6.07. The van der Waals surface area contributed by atoms with Gasteiger partial charge < -0.3 is 15.8 Å². The monoisotopic (exact) mass is 447 g/mol. The highest BCUT2D eigenvalue weighted by Gasteiger charge is 2.17. The van der Waals surface area contributed by atoms with Gasteiger partial charge in [-0.3, -0.25) is 0 Å². The Morgan fingerprint density at radius 3 is 2.44 bits per heavy atom. The minimum absolute atomic E-state index is 0.289. The number of fused-ring (bicyclic) bond motifs is 1. The topological polar surface area (TPSA) is 134 Å². The van der Waals surface area contributed by atoms with Gasteiger partial charge in [-0.25, -0.2) is 9.97 Å². The molecule has 2 aromatic carbocycles. The van der Waals surface area contributed by atoms with Gasteiger partial charge in [0.1, 0.15) is 23.5 Å². The Bertz CT molecular complexity index is 1490. The number of nitrogens with two attached hydrogens (primary N) is 1. The summed E-state index contributed by atoms with van der Waals surface area (Å²) in [5, 5.41) is 21.6. The summed E-state index contributed by atoms with van der Waals surface area (Å²) in [6, 6.07) is 15.2. The highest BCUT2D eigenvalue weighted by molar-refractivity contribution is 6.01. The molecule has 166 valence electrons. The molecule has 0 spiro atoms. The molecule has 3 N–H and O–H groups in total. The number of rotatable bonds is 5. The van der Waals surface area contributed by atoms with Crippen molar-refractivity contribution < 1.29 is 4.74 Å². The van der Waals surface area contributed by atoms with Crippen molar-refractivity contribution in [2.45, 2.75) is 13.8 Å². The summed E-state index contributed by atoms with van der Waals surface area (Å²) in [6.07, 6.45) is 4.70. The number of methoxy groups -OCH3 is 1. The number of nitriles is 2. The average molecular weight is 448 g/mol. The molecule has 8 nitrogen and oxygen atoms in total. The quantitative estimate of drug-likeness (QED) is 0.406. The normalized spacial score (nSPS) is 10.7. The third-order valence-electron chi connectivity index (χ3n) is 5.35. The first kappa shape index (κ1) is 22.3. The van der Waals surface area contributed by atoms with Crippen LogP contribution in [0.1, 0.15) is 22.3 Å². The molecule has 0 saturated carbocycles. The van der Waals surface area contributed by atoms with Crippen LogP contribution in [0.3, 0.4) is 0 Å². The molecule has 0 fully saturated rings. The zero-order chi connectivity index (χ0) is 24.2. The first-order chi connectivity index (χ1) is 16.4. The summed E-state index contributed by atoms with van der Waals surface area (Å²) in [5.74, 6) is 1.72. The Hall–Kier alpha value is -4.95. The van der Waals surface area contributed by atoms with Gasteiger partial charge in [-0.15, -0.1) is 0 Å². The van der Waals surface area contributed by atoms with Gasteiger partial charge in [0, 0.05) is 23.2 Å². The summed E-state index contributed by atoms with van der Waals surface area (Å²) in [5.41, 5.74) is 12.3. The van der Waals surface area contributed by atoms with Crippen molar-refractivity contribution in [2.75, 3.05) is 18.2 Å². The summed E-state index contributed by atoms with van der Waals surface area (Å²) in [7, 11) is 1.60. The van der Waals surface area contributed by atoms with Gasteiger partial charge >= 0.3 is 0 Å². The van der Waals surface area contributed by atoms with Gasteiger partial charge in [-0.05, 0) is 66.4 Å². The smallest absolute Gasteiger partial charge is 0.230 e. The van der Waals surface area contributed by atoms with E-state index in [2.05, 4.69) is 15.3 Å². The highest BCUT2D eigenvalue weighted by Crippen LogP contribution is 2.38. The number of aromatic nitrogens is 3. The van der Waals surface area contributed by atoms with Crippen LogP contribution in [0.4, 0.5) is 17.6 Å². The van der Waals surface area contributed by atoms with E-state index in [-0.39, 0.29) is 5.95 Å². The lowest BCUT2D eigenvalue weighted by Gasteiger charge is -2.16. The minimum atomic E-state index is 0.289. The fourth-order valence-corrected chi connectivity index (χ4v) is 3.89. The first-order valence-corrected chi connectivity index (χ1v) is 10.4. The van der Waals surface area contributed by atoms with Gasteiger partial charge in [0.2, 0.25) is 5.95 Å². The van der Waals surface area contributed by atoms with Gasteiger partial charge in [-0.1, -0.05) is 12.1 Å². The molecule has 0 saturated heterocycles. The minimum Gasteiger partial charge on any atom is -0.497 e. The molecule has 0 atom stereocenters. The van der Waals surface area contributed by atoms with Crippen molar-refractivity contribution in [2.24, 2.45) is 0 Å². The Balaban J connectivity index is 1.90. The zero-order valence-electron chi connectivity index (χ0n) is 18.9. The Morgan fingerprint density at radius 2 is 1.82 bits per heavy atom. The second kappa shape index (κ2) is 9.27. The number of anilines is 3. The molecule has 2 aromatic heterocycles. The third kappa shape index (κ3) is 4.34. The number of ether oxygens (including phenoxy) is 1. The van der Waals surface area contributed by atoms with Crippen LogP contribution in [-0.4, -0.2) is 22.1 Å². The van der Waals surface area contributed by atoms with Gasteiger partial charge in [0.05, 0.1) is 24.3 Å². The molecule has 0 amide bonds. The Morgan fingerprint density at radius 1 is 1.06 bits per heavy atom. The molecule has 2 heterocycles. The van der Waals surface area contributed by atoms with Crippen LogP contribution in [0.15, 0.2) is 48.7 Å². The number of benzene rings is 2. The molecular weight excluding hydrogens is 426 g/mol. The lowest BCUT2D eigenvalue weighted by molar-refractivity contribution is 0.415. The van der Waals surface area contributed by atoms with Crippen LogP contribution in [0.2, 0.25) is 0 Å². The second-order valence-electron chi connectivity index (χ2n) is 7.66. The fourth-order valence-electron chi connectivity index (χ4n) is 3.89. The zero-order valence-corrected chi connectivity index (χ0v) is 18.9. The SMILES string of the molecule is COc1cc(-c2c(C)cc(C=CC#N)cc2C)c2nc(Nc3ccc(C#N)cn3)nc(N)c2c1. The molecule has 8 heteroatoms. The van der Waals surface area contributed by atoms with Crippen molar-refractivity contribution in [3.05, 3.63) is 70.9 Å². The summed E-state index contributed by atoms with van der Waals surface area (Å²) in [6.45, 7) is 4.03. The first-order valence-electron chi connectivity index (χ1n) is 10.4. The predicted molar refractivity (Wildman–Crippen MR) is 132 cm³/mol. The largest absolute Gasteiger partial charge is 0.497 e. The third-order valence-corrected chi connectivity index (χ3v) is 5.35. The van der Waals surface area contributed by atoms with E-state index in [1.165, 1.54) is 12.3 Å². The van der Waals surface area contributed by atoms with Crippen molar-refractivity contribution in [1.29, 1.82) is 10.5 Å². The van der Waals surface area contributed by atoms with Crippen molar-refractivity contribution in [3.63, 3.8) is 0 Å². The number of nitrogen functional groups attached to an aromatic ring is 1. The van der Waals surface area contributed by atoms with Crippen LogP contribution < -0.4 is 15.8 Å². The van der Waals surface area contributed by atoms with E-state index in [1.54, 1.807) is 25.3 Å². The number of nitrogens with zero attached hydrogens (tertiary/aromatic N) is 5. The summed E-state index contributed by atoms with van der Waals surface area (Å²) >= 11 is 0. The Labute approximate surface area is 197 Å². The van der Waals surface area contributed by atoms with Crippen LogP contribution in [-0.2, 0) is 0 Å². The summed E-state index contributed by atoms with van der Waals surface area (Å²) in [4.78, 5) is 13.4. The van der Waals surface area contributed by atoms with Gasteiger partial charge in [0.25, 0.3) is 0 Å². The van der Waals surface area contributed by atoms with Gasteiger partial charge in [0.15, 0.2) is 0 Å². The maximum absolute atomic E-state index is 8.98. The van der Waals surface area contributed by atoms with E-state index in [0.29, 0.717) is 33.9 Å². The van der Waals surface area contributed by atoms with Crippen molar-refractivity contribution >= 4 is 34.6 Å². The number of hydrogen-bond acceptors (Lipinski definition) is 8. The van der Waals surface area contributed by atoms with E-state index < -0.39 is 0 Å². The molecule has 34 heavy (non-hydrogen) atoms. The van der Waals surface area contributed by atoms with E-state index in [9.17, 15) is 0 Å². The number of aryl methyl sites for hydroxylation is 2. The lowest BCUT2D eigenvalue weighted by Crippen LogP contribution is -2.04. The standard InChI is InChI=1S/C26H21N7O/c1-15-9-17(5-4-8-27)10-16(2)23(15)20-11-19(34-3)12-21-24(20)32-26(33-25(21)29)31-22-7-6-18(13-28)14-30-22/h4-7,9-12,14H,1-3H3,(H3,29,30,31,32,33). The van der Waals surface area contributed by atoms with Crippen molar-refractivity contribution in [3.8, 4) is 29.0 Å². The average Bonchev–Trinajstić information content (AvgIpc) is 2.83. The van der Waals surface area contributed by atoms with E-state index in [1.807, 2.05) is 50.3 Å². The van der Waals surface area contributed by atoms with E-state index >= 15 is 0 Å². The maximum atomic E-state index is 8.98. The van der Waals surface area contributed by atoms with Crippen LogP contribution in [0.25, 0.3) is 28.1 Å². The van der Waals surface area contributed by atoms with Gasteiger partial charge in [-0.2, -0.15) is 15.5 Å². The molecular formula is C26H21N7O. The molecule has 0 unspecified atom stereocenters. The van der Waals surface area contributed by atoms with E-state index in [0.717, 1.165) is 27.8 Å². The van der Waals surface area contributed by atoms with Crippen LogP contribution in [0, 0.1) is 36.5 Å². The van der Waals surface area contributed by atoms with Crippen molar-refractivity contribution in [1.82, 2.24) is 15.0 Å². The molecule has 0 aliphatic rings.